The Morgan fingerprint density at radius 2 is 1.65 bits per heavy atom. The van der Waals surface area contributed by atoms with Crippen molar-refractivity contribution in [3.63, 3.8) is 0 Å². The molecular formula is C22H36N4. The number of nitrogens with zero attached hydrogens (tertiary/aromatic N) is 2. The Labute approximate surface area is 159 Å². The first kappa shape index (κ1) is 18.2. The molecule has 1 aliphatic carbocycles. The van der Waals surface area contributed by atoms with Gasteiger partial charge in [-0.3, -0.25) is 5.41 Å². The predicted octanol–water partition coefficient (Wildman–Crippen LogP) is 3.91. The fourth-order valence-corrected chi connectivity index (χ4v) is 5.58. The van der Waals surface area contributed by atoms with E-state index in [1.807, 2.05) is 0 Å². The van der Waals surface area contributed by atoms with Gasteiger partial charge in [-0.2, -0.15) is 0 Å². The van der Waals surface area contributed by atoms with E-state index in [1.54, 1.807) is 0 Å². The molecule has 0 unspecified atom stereocenters. The molecule has 4 aliphatic rings. The molecule has 0 atom stereocenters. The van der Waals surface area contributed by atoms with Crippen molar-refractivity contribution in [3.8, 4) is 0 Å². The highest BCUT2D eigenvalue weighted by Crippen LogP contribution is 2.38. The Balaban J connectivity index is 1.42. The average Bonchev–Trinajstić information content (AvgIpc) is 3.06. The number of allylic oxidation sites excluding steroid dienone is 1. The van der Waals surface area contributed by atoms with Crippen molar-refractivity contribution in [3.05, 3.63) is 23.4 Å². The number of hydrogen-bond acceptors (Lipinski definition) is 3. The monoisotopic (exact) mass is 356 g/mol. The number of hydrogen-bond donors (Lipinski definition) is 2. The van der Waals surface area contributed by atoms with E-state index in [0.29, 0.717) is 12.0 Å². The van der Waals surface area contributed by atoms with E-state index >= 15 is 0 Å². The van der Waals surface area contributed by atoms with Crippen molar-refractivity contribution in [2.24, 2.45) is 5.92 Å². The van der Waals surface area contributed by atoms with Crippen LogP contribution < -0.4 is 5.32 Å². The Morgan fingerprint density at radius 1 is 0.962 bits per heavy atom. The number of amidine groups is 1. The van der Waals surface area contributed by atoms with Gasteiger partial charge in [0, 0.05) is 23.9 Å². The molecule has 3 heterocycles. The molecule has 4 nitrogen and oxygen atoms in total. The van der Waals surface area contributed by atoms with Gasteiger partial charge in [-0.25, -0.2) is 0 Å². The summed E-state index contributed by atoms with van der Waals surface area (Å²) in [5.74, 6) is 1.42. The van der Waals surface area contributed by atoms with Crippen LogP contribution in [0.3, 0.4) is 0 Å². The van der Waals surface area contributed by atoms with Gasteiger partial charge in [-0.1, -0.05) is 25.3 Å². The topological polar surface area (TPSA) is 42.4 Å². The number of likely N-dealkylation sites (tertiary alicyclic amines) is 1. The molecule has 0 aromatic carbocycles. The summed E-state index contributed by atoms with van der Waals surface area (Å²) in [6.07, 6.45) is 16.3. The zero-order chi connectivity index (χ0) is 17.9. The second-order valence-corrected chi connectivity index (χ2v) is 8.63. The molecule has 0 amide bonds. The molecule has 0 aromatic rings. The zero-order valence-corrected chi connectivity index (χ0v) is 16.5. The van der Waals surface area contributed by atoms with E-state index < -0.39 is 0 Å². The van der Waals surface area contributed by atoms with Gasteiger partial charge in [0.15, 0.2) is 0 Å². The highest BCUT2D eigenvalue weighted by atomic mass is 15.2. The predicted molar refractivity (Wildman–Crippen MR) is 108 cm³/mol. The minimum atomic E-state index is 0.568. The number of nitrogens with one attached hydrogen (secondary N) is 2. The summed E-state index contributed by atoms with van der Waals surface area (Å²) in [6.45, 7) is 6.96. The summed E-state index contributed by atoms with van der Waals surface area (Å²) in [7, 11) is 0. The lowest BCUT2D eigenvalue weighted by Crippen LogP contribution is -2.46. The summed E-state index contributed by atoms with van der Waals surface area (Å²) < 4.78 is 0. The molecular weight excluding hydrogens is 320 g/mol. The number of piperidine rings is 2. The van der Waals surface area contributed by atoms with Crippen molar-refractivity contribution in [1.82, 2.24) is 15.1 Å². The maximum absolute atomic E-state index is 8.74. The van der Waals surface area contributed by atoms with Crippen LogP contribution in [0.25, 0.3) is 0 Å². The molecule has 26 heavy (non-hydrogen) atoms. The molecule has 3 fully saturated rings. The Hall–Kier alpha value is -1.13. The quantitative estimate of drug-likeness (QED) is 0.806. The highest BCUT2D eigenvalue weighted by molar-refractivity contribution is 6.03. The molecule has 0 bridgehead atoms. The van der Waals surface area contributed by atoms with Crippen LogP contribution in [0.5, 0.6) is 0 Å². The zero-order valence-electron chi connectivity index (χ0n) is 16.5. The molecule has 1 saturated carbocycles. The highest BCUT2D eigenvalue weighted by Gasteiger charge is 2.35. The second-order valence-electron chi connectivity index (χ2n) is 8.63. The third kappa shape index (κ3) is 3.63. The van der Waals surface area contributed by atoms with Gasteiger partial charge in [0.2, 0.25) is 0 Å². The van der Waals surface area contributed by atoms with E-state index in [9.17, 15) is 0 Å². The molecule has 2 N–H and O–H groups in total. The third-order valence-corrected chi connectivity index (χ3v) is 7.15. The molecule has 0 spiro atoms. The summed E-state index contributed by atoms with van der Waals surface area (Å²) >= 11 is 0. The largest absolute Gasteiger partial charge is 0.330 e. The Bertz CT molecular complexity index is 559. The second kappa shape index (κ2) is 8.26. The van der Waals surface area contributed by atoms with Gasteiger partial charge in [0.25, 0.3) is 0 Å². The molecule has 0 aromatic heterocycles. The molecule has 0 radical (unpaired) electrons. The van der Waals surface area contributed by atoms with Crippen molar-refractivity contribution < 1.29 is 0 Å². The summed E-state index contributed by atoms with van der Waals surface area (Å²) in [5.41, 5.74) is 2.68. The molecule has 3 aliphatic heterocycles. The molecule has 144 valence electrons. The SMILES string of the molecule is C/C=C1\C(=N)N(C2CCCCC2)C=C1C1CCN(C2CCNCC2)CC1. The van der Waals surface area contributed by atoms with E-state index in [-0.39, 0.29) is 0 Å². The summed E-state index contributed by atoms with van der Waals surface area (Å²) in [4.78, 5) is 5.06. The lowest BCUT2D eigenvalue weighted by Gasteiger charge is -2.39. The summed E-state index contributed by atoms with van der Waals surface area (Å²) in [5, 5.41) is 12.2. The van der Waals surface area contributed by atoms with Gasteiger partial charge >= 0.3 is 0 Å². The minimum absolute atomic E-state index is 0.568. The fourth-order valence-electron chi connectivity index (χ4n) is 5.58. The minimum Gasteiger partial charge on any atom is -0.330 e. The Morgan fingerprint density at radius 3 is 2.31 bits per heavy atom. The van der Waals surface area contributed by atoms with Crippen LogP contribution in [-0.4, -0.2) is 53.9 Å². The molecule has 2 saturated heterocycles. The Kier molecular flexibility index (Phi) is 5.80. The smallest absolute Gasteiger partial charge is 0.132 e. The van der Waals surface area contributed by atoms with Crippen LogP contribution in [0.1, 0.15) is 64.7 Å². The van der Waals surface area contributed by atoms with Gasteiger partial charge in [-0.15, -0.1) is 0 Å². The van der Waals surface area contributed by atoms with Crippen LogP contribution in [0, 0.1) is 11.3 Å². The van der Waals surface area contributed by atoms with Crippen molar-refractivity contribution in [2.75, 3.05) is 26.2 Å². The van der Waals surface area contributed by atoms with Crippen LogP contribution in [-0.2, 0) is 0 Å². The van der Waals surface area contributed by atoms with Crippen molar-refractivity contribution >= 4 is 5.84 Å². The van der Waals surface area contributed by atoms with Gasteiger partial charge in [0.05, 0.1) is 0 Å². The van der Waals surface area contributed by atoms with Crippen LogP contribution >= 0.6 is 0 Å². The normalized spacial score (nSPS) is 29.6. The van der Waals surface area contributed by atoms with Gasteiger partial charge in [-0.05, 0) is 83.1 Å². The molecule has 4 heteroatoms. The first-order valence-corrected chi connectivity index (χ1v) is 11.0. The number of rotatable bonds is 3. The van der Waals surface area contributed by atoms with E-state index in [2.05, 4.69) is 34.3 Å². The molecule has 4 rings (SSSR count). The van der Waals surface area contributed by atoms with E-state index in [1.165, 1.54) is 95.1 Å². The van der Waals surface area contributed by atoms with E-state index in [0.717, 1.165) is 11.9 Å². The van der Waals surface area contributed by atoms with E-state index in [4.69, 9.17) is 5.41 Å². The van der Waals surface area contributed by atoms with Crippen molar-refractivity contribution in [2.45, 2.75) is 76.8 Å². The standard InChI is InChI=1S/C22H36N4/c1-2-20-21(16-26(22(20)23)19-6-4-3-5-7-19)17-10-14-25(15-11-17)18-8-12-24-13-9-18/h2,16-19,23-24H,3-15H2,1H3/b20-2-,23-22?. The lowest BCUT2D eigenvalue weighted by atomic mass is 9.85. The fraction of sp³-hybridized carbons (Fsp3) is 0.773. The van der Waals surface area contributed by atoms with Crippen LogP contribution in [0.2, 0.25) is 0 Å². The maximum Gasteiger partial charge on any atom is 0.132 e. The van der Waals surface area contributed by atoms with Crippen LogP contribution in [0.15, 0.2) is 23.4 Å². The van der Waals surface area contributed by atoms with Gasteiger partial charge < -0.3 is 15.1 Å². The van der Waals surface area contributed by atoms with Crippen molar-refractivity contribution in [1.29, 1.82) is 5.41 Å². The first-order valence-electron chi connectivity index (χ1n) is 11.0. The maximum atomic E-state index is 8.74. The third-order valence-electron chi connectivity index (χ3n) is 7.15. The van der Waals surface area contributed by atoms with Crippen LogP contribution in [0.4, 0.5) is 0 Å². The van der Waals surface area contributed by atoms with Gasteiger partial charge in [0.1, 0.15) is 5.84 Å². The summed E-state index contributed by atoms with van der Waals surface area (Å²) in [6, 6.07) is 1.37. The average molecular weight is 357 g/mol. The lowest BCUT2D eigenvalue weighted by molar-refractivity contribution is 0.119. The first-order chi connectivity index (χ1) is 12.8.